The molecule has 1 aliphatic carbocycles. The van der Waals surface area contributed by atoms with Crippen LogP contribution in [0.25, 0.3) is 0 Å². The highest BCUT2D eigenvalue weighted by Gasteiger charge is 2.41. The van der Waals surface area contributed by atoms with E-state index in [1.807, 2.05) is 13.0 Å². The van der Waals surface area contributed by atoms with E-state index < -0.39 is 24.2 Å². The minimum atomic E-state index is -4.24. The third-order valence-corrected chi connectivity index (χ3v) is 6.11. The van der Waals surface area contributed by atoms with Gasteiger partial charge in [0.1, 0.15) is 0 Å². The van der Waals surface area contributed by atoms with Crippen LogP contribution in [-0.4, -0.2) is 28.5 Å². The van der Waals surface area contributed by atoms with Gasteiger partial charge in [0.05, 0.1) is 12.0 Å². The Kier molecular flexibility index (Phi) is 11.2. The summed E-state index contributed by atoms with van der Waals surface area (Å²) in [6.07, 6.45) is 5.24. The van der Waals surface area contributed by atoms with Gasteiger partial charge in [0.15, 0.2) is 0 Å². The molecule has 3 unspecified atom stereocenters. The van der Waals surface area contributed by atoms with E-state index in [0.717, 1.165) is 38.5 Å². The summed E-state index contributed by atoms with van der Waals surface area (Å²) in [7, 11) is 0. The normalized spacial score (nSPS) is 23.8. The lowest BCUT2D eigenvalue weighted by molar-refractivity contribution is -0.181. The van der Waals surface area contributed by atoms with Gasteiger partial charge in [0.2, 0.25) is 0 Å². The summed E-state index contributed by atoms with van der Waals surface area (Å²) < 4.78 is 40.4. The van der Waals surface area contributed by atoms with Crippen molar-refractivity contribution < 1.29 is 28.2 Å². The number of halogens is 3. The van der Waals surface area contributed by atoms with Crippen molar-refractivity contribution in [3.8, 4) is 0 Å². The number of aliphatic hydroxyl groups excluding tert-OH is 1. The van der Waals surface area contributed by atoms with Crippen molar-refractivity contribution in [2.24, 2.45) is 23.7 Å². The third-order valence-electron chi connectivity index (χ3n) is 6.11. The zero-order chi connectivity index (χ0) is 21.2. The molecule has 2 N–H and O–H groups in total. The highest BCUT2D eigenvalue weighted by Crippen LogP contribution is 2.43. The number of carbonyl (C=O) groups is 1. The molecule has 5 atom stereocenters. The summed E-state index contributed by atoms with van der Waals surface area (Å²) >= 11 is 0. The summed E-state index contributed by atoms with van der Waals surface area (Å²) in [6, 6.07) is 0. The van der Waals surface area contributed by atoms with Crippen LogP contribution in [0.1, 0.15) is 84.5 Å². The summed E-state index contributed by atoms with van der Waals surface area (Å²) in [5.74, 6) is -2.09. The van der Waals surface area contributed by atoms with Crippen LogP contribution in [-0.2, 0) is 4.79 Å². The van der Waals surface area contributed by atoms with Crippen LogP contribution >= 0.6 is 0 Å². The van der Waals surface area contributed by atoms with Gasteiger partial charge in [-0.2, -0.15) is 13.2 Å². The molecule has 0 bridgehead atoms. The monoisotopic (exact) mass is 406 g/mol. The lowest BCUT2D eigenvalue weighted by Crippen LogP contribution is -2.26. The zero-order valence-corrected chi connectivity index (χ0v) is 17.3. The van der Waals surface area contributed by atoms with E-state index in [-0.39, 0.29) is 49.9 Å². The summed E-state index contributed by atoms with van der Waals surface area (Å²) in [5.41, 5.74) is 0. The number of carboxylic acid groups (broad SMARTS) is 1. The van der Waals surface area contributed by atoms with E-state index in [2.05, 4.69) is 6.92 Å². The van der Waals surface area contributed by atoms with E-state index in [4.69, 9.17) is 5.11 Å². The van der Waals surface area contributed by atoms with Crippen molar-refractivity contribution in [2.45, 2.75) is 96.8 Å². The van der Waals surface area contributed by atoms with Crippen LogP contribution in [0.4, 0.5) is 13.2 Å². The van der Waals surface area contributed by atoms with Gasteiger partial charge in [-0.05, 0) is 56.3 Å². The first-order valence-electron chi connectivity index (χ1n) is 10.8. The van der Waals surface area contributed by atoms with Crippen LogP contribution in [0.2, 0.25) is 0 Å². The number of rotatable bonds is 13. The van der Waals surface area contributed by atoms with E-state index in [9.17, 15) is 23.1 Å². The predicted molar refractivity (Wildman–Crippen MR) is 105 cm³/mol. The molecule has 0 aromatic rings. The molecule has 1 rings (SSSR count). The Morgan fingerprint density at radius 2 is 1.89 bits per heavy atom. The summed E-state index contributed by atoms with van der Waals surface area (Å²) in [6.45, 7) is 4.12. The maximum Gasteiger partial charge on any atom is 0.391 e. The number of aliphatic carboxylic acids is 1. The van der Waals surface area contributed by atoms with Gasteiger partial charge in [0.25, 0.3) is 0 Å². The second kappa shape index (κ2) is 12.5. The van der Waals surface area contributed by atoms with E-state index in [1.54, 1.807) is 6.08 Å². The fourth-order valence-corrected chi connectivity index (χ4v) is 4.20. The fraction of sp³-hybridized carbons (Fsp3) is 0.864. The Balaban J connectivity index is 2.59. The molecule has 0 amide bonds. The molecule has 0 aliphatic heterocycles. The van der Waals surface area contributed by atoms with Gasteiger partial charge in [-0.15, -0.1) is 0 Å². The maximum absolute atomic E-state index is 13.5. The number of carboxylic acids is 1. The Bertz CT molecular complexity index is 476. The van der Waals surface area contributed by atoms with Crippen molar-refractivity contribution in [3.05, 3.63) is 12.2 Å². The topological polar surface area (TPSA) is 57.5 Å². The largest absolute Gasteiger partial charge is 0.481 e. The molecule has 1 saturated carbocycles. The van der Waals surface area contributed by atoms with Gasteiger partial charge in [0, 0.05) is 6.42 Å². The average Bonchev–Trinajstić information content (AvgIpc) is 3.06. The predicted octanol–water partition coefficient (Wildman–Crippen LogP) is 6.36. The molecule has 0 spiro atoms. The zero-order valence-electron chi connectivity index (χ0n) is 17.3. The number of aliphatic hydroxyl groups is 1. The first-order valence-corrected chi connectivity index (χ1v) is 10.8. The van der Waals surface area contributed by atoms with Crippen molar-refractivity contribution >= 4 is 5.97 Å². The number of hydrogen-bond acceptors (Lipinski definition) is 2. The van der Waals surface area contributed by atoms with Crippen molar-refractivity contribution in [1.82, 2.24) is 0 Å². The van der Waals surface area contributed by atoms with Gasteiger partial charge >= 0.3 is 12.1 Å². The molecule has 0 heterocycles. The quantitative estimate of drug-likeness (QED) is 0.276. The maximum atomic E-state index is 13.5. The molecule has 6 heteroatoms. The Hall–Kier alpha value is -1.04. The number of alkyl halides is 3. The van der Waals surface area contributed by atoms with E-state index >= 15 is 0 Å². The highest BCUT2D eigenvalue weighted by atomic mass is 19.4. The van der Waals surface area contributed by atoms with E-state index in [0.29, 0.717) is 0 Å². The molecule has 0 saturated heterocycles. The molecule has 3 nitrogen and oxygen atoms in total. The summed E-state index contributed by atoms with van der Waals surface area (Å²) in [4.78, 5) is 10.5. The van der Waals surface area contributed by atoms with Gasteiger partial charge < -0.3 is 10.2 Å². The first-order chi connectivity index (χ1) is 13.1. The summed E-state index contributed by atoms with van der Waals surface area (Å²) in [5, 5.41) is 18.9. The molecular weight excluding hydrogens is 369 g/mol. The number of unbranched alkanes of at least 4 members (excludes halogenated alkanes) is 2. The Morgan fingerprint density at radius 3 is 2.50 bits per heavy atom. The van der Waals surface area contributed by atoms with Crippen molar-refractivity contribution in [2.75, 3.05) is 0 Å². The molecule has 1 aliphatic rings. The second-order valence-corrected chi connectivity index (χ2v) is 8.46. The molecule has 28 heavy (non-hydrogen) atoms. The van der Waals surface area contributed by atoms with Crippen LogP contribution in [0.15, 0.2) is 12.2 Å². The van der Waals surface area contributed by atoms with Gasteiger partial charge in [-0.25, -0.2) is 0 Å². The molecule has 0 aromatic carbocycles. The Labute approximate surface area is 167 Å². The highest BCUT2D eigenvalue weighted by molar-refractivity contribution is 5.66. The molecule has 0 radical (unpaired) electrons. The fourth-order valence-electron chi connectivity index (χ4n) is 4.20. The number of hydrogen-bond donors (Lipinski definition) is 2. The molecular formula is C22H37F3O3. The van der Waals surface area contributed by atoms with Gasteiger partial charge in [-0.3, -0.25) is 4.79 Å². The first kappa shape index (κ1) is 25.0. The molecule has 1 fully saturated rings. The second-order valence-electron chi connectivity index (χ2n) is 8.46. The van der Waals surface area contributed by atoms with Crippen LogP contribution in [0.3, 0.4) is 0 Å². The van der Waals surface area contributed by atoms with Crippen molar-refractivity contribution in [1.29, 1.82) is 0 Å². The third kappa shape index (κ3) is 9.44. The van der Waals surface area contributed by atoms with E-state index in [1.165, 1.54) is 0 Å². The van der Waals surface area contributed by atoms with Crippen LogP contribution in [0.5, 0.6) is 0 Å². The smallest absolute Gasteiger partial charge is 0.391 e. The minimum absolute atomic E-state index is 0.000388. The Morgan fingerprint density at radius 1 is 1.18 bits per heavy atom. The lowest BCUT2D eigenvalue weighted by Gasteiger charge is -2.26. The molecule has 0 aromatic heterocycles. The molecule has 164 valence electrons. The van der Waals surface area contributed by atoms with Crippen molar-refractivity contribution in [3.63, 3.8) is 0 Å². The van der Waals surface area contributed by atoms with Gasteiger partial charge in [-0.1, -0.05) is 51.7 Å². The average molecular weight is 407 g/mol. The lowest BCUT2D eigenvalue weighted by atomic mass is 9.83. The van der Waals surface area contributed by atoms with Crippen LogP contribution in [0, 0.1) is 23.7 Å². The number of allylic oxidation sites excluding steroid dienone is 1. The van der Waals surface area contributed by atoms with Crippen LogP contribution < -0.4 is 0 Å². The SMILES string of the molecule is CCCCC(C)C(O)/C=C/[C@H]1CCC[C@@H]1CC(CCCCC(=O)O)C(F)(F)F. The standard InChI is InChI=1S/C22H37F3O3/c1-3-4-8-16(2)20(26)14-13-17-9-7-10-18(17)15-19(22(23,24)25)11-5-6-12-21(27)28/h13-14,16-20,26H,3-12,15H2,1-2H3,(H,27,28)/b14-13+/t16?,17-,18-,19?,20?/m1/s1. The minimum Gasteiger partial charge on any atom is -0.481 e.